The van der Waals surface area contributed by atoms with E-state index < -0.39 is 11.7 Å². The molecule has 1 aromatic carbocycles. The van der Waals surface area contributed by atoms with Gasteiger partial charge in [0.25, 0.3) is 0 Å². The molecule has 2 atom stereocenters. The van der Waals surface area contributed by atoms with Crippen LogP contribution in [-0.4, -0.2) is 44.3 Å². The molecule has 118 valence electrons. The van der Waals surface area contributed by atoms with Gasteiger partial charge in [-0.1, -0.05) is 12.1 Å². The van der Waals surface area contributed by atoms with E-state index in [0.29, 0.717) is 6.54 Å². The maximum Gasteiger partial charge on any atom is 0.416 e. The molecule has 0 saturated carbocycles. The van der Waals surface area contributed by atoms with E-state index in [1.807, 2.05) is 6.92 Å². The van der Waals surface area contributed by atoms with Crippen molar-refractivity contribution in [2.45, 2.75) is 25.2 Å². The summed E-state index contributed by atoms with van der Waals surface area (Å²) in [6.45, 7) is 5.15. The summed E-state index contributed by atoms with van der Waals surface area (Å²) in [7, 11) is 2.05. The van der Waals surface area contributed by atoms with Crippen LogP contribution < -0.4 is 5.32 Å². The quantitative estimate of drug-likeness (QED) is 0.925. The van der Waals surface area contributed by atoms with Crippen molar-refractivity contribution in [3.05, 3.63) is 35.4 Å². The summed E-state index contributed by atoms with van der Waals surface area (Å²) in [6, 6.07) is 5.28. The van der Waals surface area contributed by atoms with Gasteiger partial charge in [0.05, 0.1) is 18.3 Å². The van der Waals surface area contributed by atoms with E-state index in [0.717, 1.165) is 37.4 Å². The van der Waals surface area contributed by atoms with Crippen molar-refractivity contribution in [2.24, 2.45) is 0 Å². The zero-order valence-corrected chi connectivity index (χ0v) is 12.3. The summed E-state index contributed by atoms with van der Waals surface area (Å²) >= 11 is 0. The first-order valence-electron chi connectivity index (χ1n) is 7.07. The number of hydrogen-bond donors (Lipinski definition) is 1. The molecule has 21 heavy (non-hydrogen) atoms. The number of hydrogen-bond acceptors (Lipinski definition) is 3. The number of morpholine rings is 1. The summed E-state index contributed by atoms with van der Waals surface area (Å²) in [4.78, 5) is 2.21. The predicted octanol–water partition coefficient (Wildman–Crippen LogP) is 2.69. The van der Waals surface area contributed by atoms with Crippen LogP contribution in [-0.2, 0) is 10.9 Å². The van der Waals surface area contributed by atoms with Gasteiger partial charge >= 0.3 is 6.18 Å². The van der Waals surface area contributed by atoms with Gasteiger partial charge in [0, 0.05) is 25.7 Å². The fraction of sp³-hybridized carbons (Fsp3) is 0.600. The van der Waals surface area contributed by atoms with E-state index in [4.69, 9.17) is 4.74 Å². The van der Waals surface area contributed by atoms with E-state index in [2.05, 4.69) is 17.3 Å². The molecule has 1 heterocycles. The van der Waals surface area contributed by atoms with Gasteiger partial charge in [-0.05, 0) is 31.7 Å². The largest absolute Gasteiger partial charge is 0.416 e. The van der Waals surface area contributed by atoms with E-state index >= 15 is 0 Å². The number of rotatable bonds is 4. The lowest BCUT2D eigenvalue weighted by Gasteiger charge is -2.31. The van der Waals surface area contributed by atoms with Crippen molar-refractivity contribution in [1.82, 2.24) is 10.2 Å². The number of nitrogens with one attached hydrogen (secondary N) is 1. The molecule has 0 aromatic heterocycles. The molecule has 2 rings (SSSR count). The highest BCUT2D eigenvalue weighted by Gasteiger charge is 2.30. The number of halogens is 3. The number of benzene rings is 1. The first-order chi connectivity index (χ1) is 9.86. The Balaban J connectivity index is 1.87. The summed E-state index contributed by atoms with van der Waals surface area (Å²) in [5, 5.41) is 3.31. The second-order valence-electron chi connectivity index (χ2n) is 5.50. The first kappa shape index (κ1) is 16.3. The van der Waals surface area contributed by atoms with Crippen molar-refractivity contribution >= 4 is 0 Å². The molecular weight excluding hydrogens is 281 g/mol. The monoisotopic (exact) mass is 302 g/mol. The highest BCUT2D eigenvalue weighted by Crippen LogP contribution is 2.29. The highest BCUT2D eigenvalue weighted by molar-refractivity contribution is 5.26. The topological polar surface area (TPSA) is 24.5 Å². The third-order valence-electron chi connectivity index (χ3n) is 3.73. The van der Waals surface area contributed by atoms with Gasteiger partial charge in [0.15, 0.2) is 0 Å². The average Bonchev–Trinajstić information content (AvgIpc) is 2.44. The Bertz CT molecular complexity index is 447. The SMILES string of the molecule is C[C@@H](NC[C@H]1CN(C)CCO1)c1ccc(C(F)(F)F)cc1. The molecule has 0 radical (unpaired) electrons. The standard InChI is InChI=1S/C15H21F3N2O/c1-11(19-9-14-10-20(2)7-8-21-14)12-3-5-13(6-4-12)15(16,17)18/h3-6,11,14,19H,7-10H2,1-2H3/t11-,14+/m1/s1. The first-order valence-corrected chi connectivity index (χ1v) is 7.07. The smallest absolute Gasteiger partial charge is 0.374 e. The third kappa shape index (κ3) is 4.69. The van der Waals surface area contributed by atoms with Crippen LogP contribution in [0.4, 0.5) is 13.2 Å². The molecule has 0 bridgehead atoms. The molecule has 6 heteroatoms. The number of ether oxygens (including phenoxy) is 1. The Morgan fingerprint density at radius 3 is 2.57 bits per heavy atom. The molecule has 1 aliphatic rings. The van der Waals surface area contributed by atoms with E-state index in [-0.39, 0.29) is 12.1 Å². The van der Waals surface area contributed by atoms with Gasteiger partial charge in [-0.3, -0.25) is 0 Å². The van der Waals surface area contributed by atoms with Gasteiger partial charge < -0.3 is 15.0 Å². The number of likely N-dealkylation sites (N-methyl/N-ethyl adjacent to an activating group) is 1. The lowest BCUT2D eigenvalue weighted by atomic mass is 10.1. The molecule has 0 amide bonds. The van der Waals surface area contributed by atoms with Gasteiger partial charge in [-0.2, -0.15) is 13.2 Å². The Morgan fingerprint density at radius 1 is 1.33 bits per heavy atom. The van der Waals surface area contributed by atoms with Crippen molar-refractivity contribution in [1.29, 1.82) is 0 Å². The van der Waals surface area contributed by atoms with Crippen LogP contribution in [0.1, 0.15) is 24.1 Å². The fourth-order valence-corrected chi connectivity index (χ4v) is 2.38. The molecular formula is C15H21F3N2O. The van der Waals surface area contributed by atoms with Gasteiger partial charge in [0.2, 0.25) is 0 Å². The van der Waals surface area contributed by atoms with Crippen LogP contribution in [0.5, 0.6) is 0 Å². The van der Waals surface area contributed by atoms with E-state index in [1.54, 1.807) is 0 Å². The number of alkyl halides is 3. The summed E-state index contributed by atoms with van der Waals surface area (Å²) in [5.74, 6) is 0. The minimum atomic E-state index is -4.28. The normalized spacial score (nSPS) is 22.2. The van der Waals surface area contributed by atoms with Crippen LogP contribution in [0.2, 0.25) is 0 Å². The van der Waals surface area contributed by atoms with Gasteiger partial charge in [-0.15, -0.1) is 0 Å². The predicted molar refractivity (Wildman–Crippen MR) is 75.1 cm³/mol. The molecule has 0 spiro atoms. The lowest BCUT2D eigenvalue weighted by molar-refractivity contribution is -0.137. The van der Waals surface area contributed by atoms with Gasteiger partial charge in [-0.25, -0.2) is 0 Å². The van der Waals surface area contributed by atoms with Crippen LogP contribution in [0.15, 0.2) is 24.3 Å². The average molecular weight is 302 g/mol. The second-order valence-corrected chi connectivity index (χ2v) is 5.50. The third-order valence-corrected chi connectivity index (χ3v) is 3.73. The summed E-state index contributed by atoms with van der Waals surface area (Å²) < 4.78 is 43.2. The van der Waals surface area contributed by atoms with Crippen LogP contribution in [0.25, 0.3) is 0 Å². The minimum absolute atomic E-state index is 0.0110. The molecule has 1 fully saturated rings. The van der Waals surface area contributed by atoms with Crippen LogP contribution >= 0.6 is 0 Å². The van der Waals surface area contributed by atoms with Crippen molar-refractivity contribution < 1.29 is 17.9 Å². The summed E-state index contributed by atoms with van der Waals surface area (Å²) in [6.07, 6.45) is -4.16. The van der Waals surface area contributed by atoms with Crippen molar-refractivity contribution in [3.63, 3.8) is 0 Å². The zero-order chi connectivity index (χ0) is 15.5. The lowest BCUT2D eigenvalue weighted by Crippen LogP contribution is -2.45. The van der Waals surface area contributed by atoms with Crippen LogP contribution in [0, 0.1) is 0 Å². The van der Waals surface area contributed by atoms with Crippen molar-refractivity contribution in [3.8, 4) is 0 Å². The van der Waals surface area contributed by atoms with Crippen LogP contribution in [0.3, 0.4) is 0 Å². The molecule has 1 aromatic rings. The van der Waals surface area contributed by atoms with Crippen molar-refractivity contribution in [2.75, 3.05) is 33.3 Å². The molecule has 0 aliphatic carbocycles. The molecule has 1 saturated heterocycles. The molecule has 1 N–H and O–H groups in total. The van der Waals surface area contributed by atoms with Gasteiger partial charge in [0.1, 0.15) is 0 Å². The minimum Gasteiger partial charge on any atom is -0.374 e. The maximum absolute atomic E-state index is 12.5. The Kier molecular flexibility index (Phi) is 5.24. The Hall–Kier alpha value is -1.11. The highest BCUT2D eigenvalue weighted by atomic mass is 19.4. The summed E-state index contributed by atoms with van der Waals surface area (Å²) in [5.41, 5.74) is 0.225. The fourth-order valence-electron chi connectivity index (χ4n) is 2.38. The maximum atomic E-state index is 12.5. The molecule has 1 aliphatic heterocycles. The zero-order valence-electron chi connectivity index (χ0n) is 12.3. The van der Waals surface area contributed by atoms with E-state index in [1.165, 1.54) is 12.1 Å². The van der Waals surface area contributed by atoms with E-state index in [9.17, 15) is 13.2 Å². The Morgan fingerprint density at radius 2 is 2.00 bits per heavy atom. The molecule has 3 nitrogen and oxygen atoms in total. The second kappa shape index (κ2) is 6.77. The number of nitrogens with zero attached hydrogens (tertiary/aromatic N) is 1. The molecule has 0 unspecified atom stereocenters. The Labute approximate surface area is 123 Å².